The Morgan fingerprint density at radius 2 is 1.60 bits per heavy atom. The second kappa shape index (κ2) is 16.0. The SMILES string of the molecule is COCCCOc1cc(C(=O)N(C(C)C)C2CNCC(COc3ccccc3OCc3ccccc3)C2)ccc1OC. The van der Waals surface area contributed by atoms with Crippen molar-refractivity contribution in [2.75, 3.05) is 47.1 Å². The highest BCUT2D eigenvalue weighted by Gasteiger charge is 2.32. The van der Waals surface area contributed by atoms with Crippen molar-refractivity contribution in [1.29, 1.82) is 0 Å². The van der Waals surface area contributed by atoms with Crippen molar-refractivity contribution in [1.82, 2.24) is 10.2 Å². The van der Waals surface area contributed by atoms with Crippen LogP contribution in [-0.4, -0.2) is 70.0 Å². The Morgan fingerprint density at radius 3 is 2.31 bits per heavy atom. The molecule has 0 aliphatic carbocycles. The van der Waals surface area contributed by atoms with E-state index in [4.69, 9.17) is 23.7 Å². The first-order valence-electron chi connectivity index (χ1n) is 14.7. The number of para-hydroxylation sites is 2. The molecule has 226 valence electrons. The molecule has 1 amide bonds. The summed E-state index contributed by atoms with van der Waals surface area (Å²) in [5.74, 6) is 2.82. The lowest BCUT2D eigenvalue weighted by Gasteiger charge is -2.40. The van der Waals surface area contributed by atoms with Gasteiger partial charge in [0.15, 0.2) is 23.0 Å². The molecule has 42 heavy (non-hydrogen) atoms. The molecule has 0 saturated carbocycles. The van der Waals surface area contributed by atoms with Crippen molar-refractivity contribution in [2.45, 2.75) is 45.4 Å². The zero-order valence-electron chi connectivity index (χ0n) is 25.2. The van der Waals surface area contributed by atoms with E-state index in [1.54, 1.807) is 26.4 Å². The number of carbonyl (C=O) groups excluding carboxylic acids is 1. The fourth-order valence-electron chi connectivity index (χ4n) is 5.25. The minimum atomic E-state index is -0.0255. The largest absolute Gasteiger partial charge is 0.493 e. The molecular formula is C34H44N2O6. The zero-order chi connectivity index (χ0) is 29.7. The normalized spacial score (nSPS) is 16.6. The van der Waals surface area contributed by atoms with Gasteiger partial charge >= 0.3 is 0 Å². The van der Waals surface area contributed by atoms with Crippen LogP contribution in [0.1, 0.15) is 42.6 Å². The minimum absolute atomic E-state index is 0.0178. The van der Waals surface area contributed by atoms with Gasteiger partial charge in [0.05, 0.1) is 20.3 Å². The first-order chi connectivity index (χ1) is 20.5. The van der Waals surface area contributed by atoms with Crippen LogP contribution in [0.3, 0.4) is 0 Å². The predicted octanol–water partition coefficient (Wildman–Crippen LogP) is 5.60. The monoisotopic (exact) mass is 576 g/mol. The third kappa shape index (κ3) is 8.63. The van der Waals surface area contributed by atoms with Gasteiger partial charge < -0.3 is 33.9 Å². The molecule has 1 N–H and O–H groups in total. The van der Waals surface area contributed by atoms with Gasteiger partial charge in [-0.05, 0) is 56.2 Å². The van der Waals surface area contributed by atoms with E-state index >= 15 is 0 Å². The Kier molecular flexibility index (Phi) is 11.9. The molecular weight excluding hydrogens is 532 g/mol. The van der Waals surface area contributed by atoms with E-state index in [0.29, 0.717) is 43.5 Å². The number of methoxy groups -OCH3 is 2. The van der Waals surface area contributed by atoms with Crippen molar-refractivity contribution in [3.8, 4) is 23.0 Å². The highest BCUT2D eigenvalue weighted by molar-refractivity contribution is 5.95. The van der Waals surface area contributed by atoms with Crippen LogP contribution in [0.2, 0.25) is 0 Å². The van der Waals surface area contributed by atoms with Crippen molar-refractivity contribution < 1.29 is 28.5 Å². The van der Waals surface area contributed by atoms with Crippen LogP contribution >= 0.6 is 0 Å². The van der Waals surface area contributed by atoms with E-state index in [1.165, 1.54) is 0 Å². The minimum Gasteiger partial charge on any atom is -0.493 e. The number of nitrogens with zero attached hydrogens (tertiary/aromatic N) is 1. The van der Waals surface area contributed by atoms with Gasteiger partial charge in [-0.1, -0.05) is 42.5 Å². The van der Waals surface area contributed by atoms with Crippen LogP contribution in [0, 0.1) is 5.92 Å². The van der Waals surface area contributed by atoms with Gasteiger partial charge in [0, 0.05) is 56.8 Å². The Hall–Kier alpha value is -3.75. The number of hydrogen-bond donors (Lipinski definition) is 1. The van der Waals surface area contributed by atoms with Gasteiger partial charge in [0.25, 0.3) is 5.91 Å². The maximum atomic E-state index is 13.9. The summed E-state index contributed by atoms with van der Waals surface area (Å²) in [4.78, 5) is 15.8. The third-order valence-electron chi connectivity index (χ3n) is 7.32. The Morgan fingerprint density at radius 1 is 0.857 bits per heavy atom. The fourth-order valence-corrected chi connectivity index (χ4v) is 5.25. The van der Waals surface area contributed by atoms with E-state index in [-0.39, 0.29) is 23.9 Å². The van der Waals surface area contributed by atoms with Crippen LogP contribution in [0.15, 0.2) is 72.8 Å². The lowest BCUT2D eigenvalue weighted by molar-refractivity contribution is 0.0508. The molecule has 0 radical (unpaired) electrons. The van der Waals surface area contributed by atoms with Gasteiger partial charge in [-0.2, -0.15) is 0 Å². The number of rotatable bonds is 15. The van der Waals surface area contributed by atoms with E-state index in [0.717, 1.165) is 43.0 Å². The highest BCUT2D eigenvalue weighted by Crippen LogP contribution is 2.31. The average Bonchev–Trinajstić information content (AvgIpc) is 3.02. The number of amides is 1. The van der Waals surface area contributed by atoms with E-state index in [1.807, 2.05) is 65.6 Å². The highest BCUT2D eigenvalue weighted by atomic mass is 16.5. The summed E-state index contributed by atoms with van der Waals surface area (Å²) in [5, 5.41) is 3.53. The topological polar surface area (TPSA) is 78.5 Å². The van der Waals surface area contributed by atoms with Gasteiger partial charge in [-0.15, -0.1) is 0 Å². The van der Waals surface area contributed by atoms with Gasteiger partial charge in [0.2, 0.25) is 0 Å². The standard InChI is InChI=1S/C34H44N2O6/c1-25(2)36(34(37)28-15-16-30(39-4)33(20-28)40-18-10-17-38-3)29-19-27(21-35-22-29)24-42-32-14-9-8-13-31(32)41-23-26-11-6-5-7-12-26/h5-9,11-16,20,25,27,29,35H,10,17-19,21-24H2,1-4H3. The summed E-state index contributed by atoms with van der Waals surface area (Å²) in [5.41, 5.74) is 1.68. The summed E-state index contributed by atoms with van der Waals surface area (Å²) in [6, 6.07) is 23.3. The molecule has 3 aromatic carbocycles. The first kappa shape index (κ1) is 31.2. The van der Waals surface area contributed by atoms with Gasteiger partial charge in [-0.3, -0.25) is 4.79 Å². The molecule has 1 fully saturated rings. The molecule has 4 rings (SSSR count). The fraction of sp³-hybridized carbons (Fsp3) is 0.441. The molecule has 1 saturated heterocycles. The van der Waals surface area contributed by atoms with E-state index in [9.17, 15) is 4.79 Å². The predicted molar refractivity (Wildman–Crippen MR) is 164 cm³/mol. The first-order valence-corrected chi connectivity index (χ1v) is 14.7. The maximum absolute atomic E-state index is 13.9. The summed E-state index contributed by atoms with van der Waals surface area (Å²) >= 11 is 0. The second-order valence-electron chi connectivity index (χ2n) is 10.8. The van der Waals surface area contributed by atoms with Crippen LogP contribution in [0.5, 0.6) is 23.0 Å². The smallest absolute Gasteiger partial charge is 0.254 e. The van der Waals surface area contributed by atoms with Gasteiger partial charge in [-0.25, -0.2) is 0 Å². The number of hydrogen-bond acceptors (Lipinski definition) is 7. The molecule has 0 aromatic heterocycles. The summed E-state index contributed by atoms with van der Waals surface area (Å²) in [7, 11) is 3.26. The Balaban J connectivity index is 1.39. The van der Waals surface area contributed by atoms with Crippen molar-refractivity contribution in [3.05, 3.63) is 83.9 Å². The van der Waals surface area contributed by atoms with Crippen LogP contribution in [-0.2, 0) is 11.3 Å². The molecule has 0 bridgehead atoms. The molecule has 8 heteroatoms. The molecule has 3 aromatic rings. The zero-order valence-corrected chi connectivity index (χ0v) is 25.2. The summed E-state index contributed by atoms with van der Waals surface area (Å²) < 4.78 is 28.9. The number of carbonyl (C=O) groups is 1. The second-order valence-corrected chi connectivity index (χ2v) is 10.8. The Bertz CT molecular complexity index is 1250. The number of nitrogens with one attached hydrogen (secondary N) is 1. The van der Waals surface area contributed by atoms with E-state index in [2.05, 4.69) is 19.2 Å². The maximum Gasteiger partial charge on any atom is 0.254 e. The average molecular weight is 577 g/mol. The molecule has 1 aliphatic heterocycles. The van der Waals surface area contributed by atoms with Crippen molar-refractivity contribution in [3.63, 3.8) is 0 Å². The Labute approximate surface area is 249 Å². The number of benzene rings is 3. The quantitative estimate of drug-likeness (QED) is 0.236. The molecule has 8 nitrogen and oxygen atoms in total. The summed E-state index contributed by atoms with van der Waals surface area (Å²) in [6.07, 6.45) is 1.58. The van der Waals surface area contributed by atoms with E-state index < -0.39 is 0 Å². The number of piperidine rings is 1. The lowest BCUT2D eigenvalue weighted by atomic mass is 9.94. The third-order valence-corrected chi connectivity index (χ3v) is 7.32. The van der Waals surface area contributed by atoms with Gasteiger partial charge in [0.1, 0.15) is 6.61 Å². The molecule has 1 heterocycles. The van der Waals surface area contributed by atoms with Crippen molar-refractivity contribution >= 4 is 5.91 Å². The number of ether oxygens (including phenoxy) is 5. The van der Waals surface area contributed by atoms with Crippen LogP contribution < -0.4 is 24.3 Å². The van der Waals surface area contributed by atoms with Crippen molar-refractivity contribution in [2.24, 2.45) is 5.92 Å². The summed E-state index contributed by atoms with van der Waals surface area (Å²) in [6.45, 7) is 7.76. The van der Waals surface area contributed by atoms with Crippen LogP contribution in [0.25, 0.3) is 0 Å². The molecule has 0 spiro atoms. The molecule has 2 unspecified atom stereocenters. The molecule has 1 aliphatic rings. The lowest BCUT2D eigenvalue weighted by Crippen LogP contribution is -2.54. The van der Waals surface area contributed by atoms with Crippen LogP contribution in [0.4, 0.5) is 0 Å². The molecule has 2 atom stereocenters.